The highest BCUT2D eigenvalue weighted by molar-refractivity contribution is 5.49. The minimum atomic E-state index is -2.82. The number of halogens is 2. The van der Waals surface area contributed by atoms with Crippen molar-refractivity contribution in [2.45, 2.75) is 19.6 Å². The van der Waals surface area contributed by atoms with E-state index >= 15 is 0 Å². The van der Waals surface area contributed by atoms with Gasteiger partial charge in [0, 0.05) is 18.0 Å². The van der Waals surface area contributed by atoms with Gasteiger partial charge in [-0.1, -0.05) is 12.1 Å². The Bertz CT molecular complexity index is 520. The monoisotopic (exact) mass is 264 g/mol. The molecule has 1 aromatic carbocycles. The van der Waals surface area contributed by atoms with E-state index in [1.807, 2.05) is 25.1 Å². The molecule has 0 aliphatic rings. The van der Waals surface area contributed by atoms with Crippen molar-refractivity contribution in [1.29, 1.82) is 0 Å². The summed E-state index contributed by atoms with van der Waals surface area (Å²) in [6.45, 7) is -0.869. The van der Waals surface area contributed by atoms with Gasteiger partial charge in [0.05, 0.1) is 11.7 Å². The van der Waals surface area contributed by atoms with Gasteiger partial charge in [-0.2, -0.15) is 8.78 Å². The summed E-state index contributed by atoms with van der Waals surface area (Å²) < 4.78 is 28.6. The molecular weight excluding hydrogens is 250 g/mol. The van der Waals surface area contributed by atoms with Gasteiger partial charge < -0.3 is 10.1 Å². The van der Waals surface area contributed by atoms with Crippen molar-refractivity contribution in [2.75, 3.05) is 5.32 Å². The van der Waals surface area contributed by atoms with Gasteiger partial charge >= 0.3 is 6.61 Å². The summed E-state index contributed by atoms with van der Waals surface area (Å²) in [4.78, 5) is 4.23. The van der Waals surface area contributed by atoms with Crippen molar-refractivity contribution in [3.63, 3.8) is 0 Å². The van der Waals surface area contributed by atoms with E-state index in [0.29, 0.717) is 5.69 Å². The summed E-state index contributed by atoms with van der Waals surface area (Å²) >= 11 is 0. The Labute approximate surface area is 110 Å². The number of nitrogens with zero attached hydrogens (tertiary/aromatic N) is 1. The highest BCUT2D eigenvalue weighted by Gasteiger charge is 2.08. The number of rotatable bonds is 5. The topological polar surface area (TPSA) is 34.1 Å². The number of hydrogen-bond donors (Lipinski definition) is 1. The SMILES string of the molecule is CC(Nc1cccc(OC(F)F)c1)c1ccccn1. The lowest BCUT2D eigenvalue weighted by Gasteiger charge is -2.15. The third-order valence-corrected chi connectivity index (χ3v) is 2.57. The van der Waals surface area contributed by atoms with Crippen LogP contribution in [0.1, 0.15) is 18.7 Å². The van der Waals surface area contributed by atoms with Crippen LogP contribution in [0.15, 0.2) is 48.7 Å². The van der Waals surface area contributed by atoms with E-state index in [1.54, 1.807) is 18.3 Å². The predicted octanol–water partition coefficient (Wildman–Crippen LogP) is 3.86. The van der Waals surface area contributed by atoms with E-state index in [4.69, 9.17) is 0 Å². The Hall–Kier alpha value is -2.17. The molecule has 0 aliphatic heterocycles. The van der Waals surface area contributed by atoms with E-state index in [2.05, 4.69) is 15.0 Å². The molecule has 19 heavy (non-hydrogen) atoms. The first kappa shape index (κ1) is 13.3. The van der Waals surface area contributed by atoms with E-state index < -0.39 is 6.61 Å². The lowest BCUT2D eigenvalue weighted by atomic mass is 10.2. The van der Waals surface area contributed by atoms with E-state index in [1.165, 1.54) is 12.1 Å². The number of nitrogens with one attached hydrogen (secondary N) is 1. The smallest absolute Gasteiger partial charge is 0.387 e. The maximum Gasteiger partial charge on any atom is 0.387 e. The summed E-state index contributed by atoms with van der Waals surface area (Å²) in [6.07, 6.45) is 1.71. The van der Waals surface area contributed by atoms with Crippen LogP contribution in [0, 0.1) is 0 Å². The van der Waals surface area contributed by atoms with Crippen LogP contribution in [0.2, 0.25) is 0 Å². The molecule has 5 heteroatoms. The van der Waals surface area contributed by atoms with Gasteiger partial charge in [0.2, 0.25) is 0 Å². The predicted molar refractivity (Wildman–Crippen MR) is 69.3 cm³/mol. The van der Waals surface area contributed by atoms with Crippen LogP contribution in [0.5, 0.6) is 5.75 Å². The highest BCUT2D eigenvalue weighted by atomic mass is 19.3. The minimum Gasteiger partial charge on any atom is -0.435 e. The number of ether oxygens (including phenoxy) is 1. The van der Waals surface area contributed by atoms with Crippen molar-refractivity contribution >= 4 is 5.69 Å². The second kappa shape index (κ2) is 6.13. The van der Waals surface area contributed by atoms with Gasteiger partial charge in [-0.15, -0.1) is 0 Å². The van der Waals surface area contributed by atoms with Gasteiger partial charge in [0.25, 0.3) is 0 Å². The maximum absolute atomic E-state index is 12.1. The summed E-state index contributed by atoms with van der Waals surface area (Å²) in [7, 11) is 0. The molecule has 0 fully saturated rings. The number of aromatic nitrogens is 1. The van der Waals surface area contributed by atoms with Crippen LogP contribution < -0.4 is 10.1 Å². The van der Waals surface area contributed by atoms with Crippen LogP contribution in [0.4, 0.5) is 14.5 Å². The number of hydrogen-bond acceptors (Lipinski definition) is 3. The quantitative estimate of drug-likeness (QED) is 0.890. The Morgan fingerprint density at radius 3 is 2.68 bits per heavy atom. The van der Waals surface area contributed by atoms with Crippen LogP contribution in [-0.2, 0) is 0 Å². The fourth-order valence-electron chi connectivity index (χ4n) is 1.72. The van der Waals surface area contributed by atoms with Crippen LogP contribution in [0.25, 0.3) is 0 Å². The second-order valence-electron chi connectivity index (χ2n) is 4.03. The number of anilines is 1. The molecule has 1 N–H and O–H groups in total. The average Bonchev–Trinajstić information content (AvgIpc) is 2.39. The van der Waals surface area contributed by atoms with Gasteiger partial charge in [-0.3, -0.25) is 4.98 Å². The van der Waals surface area contributed by atoms with Crippen LogP contribution in [-0.4, -0.2) is 11.6 Å². The van der Waals surface area contributed by atoms with Gasteiger partial charge in [-0.05, 0) is 31.2 Å². The number of pyridine rings is 1. The third kappa shape index (κ3) is 3.91. The molecule has 0 aliphatic carbocycles. The molecule has 0 saturated carbocycles. The molecule has 1 aromatic heterocycles. The Morgan fingerprint density at radius 1 is 1.16 bits per heavy atom. The third-order valence-electron chi connectivity index (χ3n) is 2.57. The van der Waals surface area contributed by atoms with Gasteiger partial charge in [0.1, 0.15) is 5.75 Å². The molecule has 1 heterocycles. The fraction of sp³-hybridized carbons (Fsp3) is 0.214. The molecule has 2 rings (SSSR count). The molecule has 2 aromatic rings. The van der Waals surface area contributed by atoms with Crippen molar-refractivity contribution in [3.8, 4) is 5.75 Å². The molecule has 0 bridgehead atoms. The molecule has 0 radical (unpaired) electrons. The average molecular weight is 264 g/mol. The summed E-state index contributed by atoms with van der Waals surface area (Å²) in [5, 5.41) is 3.18. The van der Waals surface area contributed by atoms with Crippen molar-refractivity contribution in [1.82, 2.24) is 4.98 Å². The fourth-order valence-corrected chi connectivity index (χ4v) is 1.72. The first-order valence-corrected chi connectivity index (χ1v) is 5.87. The van der Waals surface area contributed by atoms with Crippen molar-refractivity contribution < 1.29 is 13.5 Å². The Balaban J connectivity index is 2.06. The molecule has 0 saturated heterocycles. The molecule has 1 unspecified atom stereocenters. The second-order valence-corrected chi connectivity index (χ2v) is 4.03. The van der Waals surface area contributed by atoms with Gasteiger partial charge in [-0.25, -0.2) is 0 Å². The summed E-state index contributed by atoms with van der Waals surface area (Å²) in [5.41, 5.74) is 1.58. The maximum atomic E-state index is 12.1. The van der Waals surface area contributed by atoms with Gasteiger partial charge in [0.15, 0.2) is 0 Å². The lowest BCUT2D eigenvalue weighted by molar-refractivity contribution is -0.0498. The van der Waals surface area contributed by atoms with Crippen LogP contribution in [0.3, 0.4) is 0 Å². The zero-order valence-electron chi connectivity index (χ0n) is 10.4. The standard InChI is InChI=1S/C14H14F2N2O/c1-10(13-7-2-3-8-17-13)18-11-5-4-6-12(9-11)19-14(15)16/h2-10,14,18H,1H3. The number of benzene rings is 1. The Morgan fingerprint density at radius 2 is 2.00 bits per heavy atom. The molecule has 1 atom stereocenters. The molecule has 0 spiro atoms. The molecule has 0 amide bonds. The van der Waals surface area contributed by atoms with Crippen molar-refractivity contribution in [3.05, 3.63) is 54.4 Å². The van der Waals surface area contributed by atoms with E-state index in [0.717, 1.165) is 5.69 Å². The van der Waals surface area contributed by atoms with Crippen molar-refractivity contribution in [2.24, 2.45) is 0 Å². The molecular formula is C14H14F2N2O. The zero-order chi connectivity index (χ0) is 13.7. The summed E-state index contributed by atoms with van der Waals surface area (Å²) in [6, 6.07) is 12.1. The van der Waals surface area contributed by atoms with Crippen LogP contribution >= 0.6 is 0 Å². The Kier molecular flexibility index (Phi) is 4.28. The minimum absolute atomic E-state index is 0.0250. The molecule has 3 nitrogen and oxygen atoms in total. The normalized spacial score (nSPS) is 12.2. The first-order valence-electron chi connectivity index (χ1n) is 5.87. The largest absolute Gasteiger partial charge is 0.435 e. The zero-order valence-corrected chi connectivity index (χ0v) is 10.4. The van der Waals surface area contributed by atoms with E-state index in [9.17, 15) is 8.78 Å². The number of alkyl halides is 2. The molecule has 100 valence electrons. The summed E-state index contributed by atoms with van der Waals surface area (Å²) in [5.74, 6) is 0.133. The lowest BCUT2D eigenvalue weighted by Crippen LogP contribution is -2.08. The first-order chi connectivity index (χ1) is 9.15. The van der Waals surface area contributed by atoms with E-state index in [-0.39, 0.29) is 11.8 Å². The highest BCUT2D eigenvalue weighted by Crippen LogP contribution is 2.22.